The van der Waals surface area contributed by atoms with Crippen LogP contribution in [0.5, 0.6) is 0 Å². The molecule has 61 heavy (non-hydrogen) atoms. The number of hydrogen-bond donors (Lipinski definition) is 0. The molecular formula is C57H36N4. The summed E-state index contributed by atoms with van der Waals surface area (Å²) in [6, 6.07) is 68.9. The van der Waals surface area contributed by atoms with Crippen molar-refractivity contribution in [1.29, 1.82) is 0 Å². The van der Waals surface area contributed by atoms with Crippen molar-refractivity contribution in [2.24, 2.45) is 0 Å². The van der Waals surface area contributed by atoms with Gasteiger partial charge in [-0.05, 0) is 99.5 Å². The monoisotopic (exact) mass is 776 g/mol. The van der Waals surface area contributed by atoms with Crippen LogP contribution in [0.2, 0.25) is 0 Å². The van der Waals surface area contributed by atoms with Crippen molar-refractivity contribution in [3.63, 3.8) is 0 Å². The lowest BCUT2D eigenvalue weighted by atomic mass is 9.78. The first kappa shape index (κ1) is 33.1. The van der Waals surface area contributed by atoms with Gasteiger partial charge >= 0.3 is 0 Å². The molecule has 3 aromatic heterocycles. The van der Waals surface area contributed by atoms with Gasteiger partial charge in [0.05, 0.1) is 33.3 Å². The molecule has 4 heteroatoms. The maximum absolute atomic E-state index is 5.76. The van der Waals surface area contributed by atoms with Crippen molar-refractivity contribution in [3.05, 3.63) is 205 Å². The second kappa shape index (κ2) is 12.4. The van der Waals surface area contributed by atoms with E-state index in [0.717, 1.165) is 51.7 Å². The van der Waals surface area contributed by atoms with Gasteiger partial charge in [0.25, 0.3) is 0 Å². The van der Waals surface area contributed by atoms with E-state index < -0.39 is 0 Å². The number of para-hydroxylation sites is 4. The van der Waals surface area contributed by atoms with Crippen molar-refractivity contribution in [1.82, 2.24) is 19.1 Å². The number of benzene rings is 9. The summed E-state index contributed by atoms with van der Waals surface area (Å²) in [5.74, 6) is 0.955. The highest BCUT2D eigenvalue weighted by molar-refractivity contribution is 6.19. The minimum atomic E-state index is 0.275. The van der Waals surface area contributed by atoms with Crippen molar-refractivity contribution in [2.45, 2.75) is 18.8 Å². The van der Waals surface area contributed by atoms with Crippen molar-refractivity contribution >= 4 is 65.3 Å². The van der Waals surface area contributed by atoms with Crippen LogP contribution in [0.4, 0.5) is 0 Å². The molecule has 1 unspecified atom stereocenters. The minimum Gasteiger partial charge on any atom is -0.309 e. The highest BCUT2D eigenvalue weighted by Crippen LogP contribution is 2.55. The Bertz CT molecular complexity index is 3830. The van der Waals surface area contributed by atoms with Crippen LogP contribution in [-0.2, 0) is 6.42 Å². The summed E-state index contributed by atoms with van der Waals surface area (Å²) < 4.78 is 4.78. The van der Waals surface area contributed by atoms with Gasteiger partial charge in [-0.2, -0.15) is 0 Å². The molecule has 2 aliphatic rings. The van der Waals surface area contributed by atoms with Crippen molar-refractivity contribution < 1.29 is 0 Å². The Morgan fingerprint density at radius 2 is 1.15 bits per heavy atom. The predicted octanol–water partition coefficient (Wildman–Crippen LogP) is 14.4. The van der Waals surface area contributed by atoms with Gasteiger partial charge in [-0.15, -0.1) is 0 Å². The van der Waals surface area contributed by atoms with Crippen LogP contribution in [-0.4, -0.2) is 19.1 Å². The second-order valence-corrected chi connectivity index (χ2v) is 16.7. The third-order valence-electron chi connectivity index (χ3n) is 13.7. The van der Waals surface area contributed by atoms with Gasteiger partial charge in [0.2, 0.25) is 5.95 Å². The van der Waals surface area contributed by atoms with Crippen LogP contribution in [0.25, 0.3) is 110 Å². The summed E-state index contributed by atoms with van der Waals surface area (Å²) in [5, 5.41) is 8.46. The van der Waals surface area contributed by atoms with Crippen molar-refractivity contribution in [3.8, 4) is 45.1 Å². The van der Waals surface area contributed by atoms with Crippen LogP contribution >= 0.6 is 0 Å². The lowest BCUT2D eigenvalue weighted by molar-refractivity contribution is 0.740. The standard InChI is InChI=1S/C57H36N4/c1-2-16-35(17-3-1)60-50-27-13-10-23-43(50)53-45(24-14-28-51(53)60)55-42-22-8-11-25-48(42)58-57(59-55)61-49-26-12-9-21-39(49)47-33-46-38-20-7-6-19-37(38)40-31-32-41(46)54(56(47)61)44-30-29-34-15-4-5-18-36(34)52(40)44/h1-30,33,40H,31-32H2. The summed E-state index contributed by atoms with van der Waals surface area (Å²) in [4.78, 5) is 11.3. The molecule has 0 N–H and O–H groups in total. The first-order valence-corrected chi connectivity index (χ1v) is 21.4. The van der Waals surface area contributed by atoms with E-state index in [1.54, 1.807) is 0 Å². The van der Waals surface area contributed by atoms with E-state index in [0.29, 0.717) is 5.95 Å². The maximum atomic E-state index is 5.76. The minimum absolute atomic E-state index is 0.275. The van der Waals surface area contributed by atoms with Gasteiger partial charge < -0.3 is 4.57 Å². The summed E-state index contributed by atoms with van der Waals surface area (Å²) >= 11 is 0. The fourth-order valence-electron chi connectivity index (χ4n) is 11.3. The molecule has 0 saturated carbocycles. The SMILES string of the molecule is c1ccc(-n2c3ccccc3c3c(-c4nc(-n5c6ccccc6c6cc7c8c(c65)-c5ccc6ccccc6c5C(CC8)c5ccccc5-7)nc5ccccc45)cccc32)cc1. The lowest BCUT2D eigenvalue weighted by Gasteiger charge is -2.26. The molecule has 4 nitrogen and oxygen atoms in total. The maximum Gasteiger partial charge on any atom is 0.235 e. The van der Waals surface area contributed by atoms with Gasteiger partial charge in [0, 0.05) is 49.7 Å². The molecule has 14 rings (SSSR count). The Morgan fingerprint density at radius 1 is 0.459 bits per heavy atom. The molecular weight excluding hydrogens is 741 g/mol. The summed E-state index contributed by atoms with van der Waals surface area (Å²) in [5.41, 5.74) is 18.3. The first-order valence-electron chi connectivity index (χ1n) is 21.4. The van der Waals surface area contributed by atoms with Crippen LogP contribution < -0.4 is 0 Å². The fraction of sp³-hybridized carbons (Fsp3) is 0.0526. The Balaban J connectivity index is 1.13. The molecule has 1 atom stereocenters. The Morgan fingerprint density at radius 3 is 2.03 bits per heavy atom. The zero-order chi connectivity index (χ0) is 39.8. The highest BCUT2D eigenvalue weighted by atomic mass is 15.2. The molecule has 9 aromatic carbocycles. The van der Waals surface area contributed by atoms with E-state index in [4.69, 9.17) is 9.97 Å². The topological polar surface area (TPSA) is 35.6 Å². The zero-order valence-electron chi connectivity index (χ0n) is 33.2. The van der Waals surface area contributed by atoms with Crippen molar-refractivity contribution in [2.75, 3.05) is 0 Å². The second-order valence-electron chi connectivity index (χ2n) is 16.7. The molecule has 0 aliphatic heterocycles. The molecule has 12 aromatic rings. The van der Waals surface area contributed by atoms with Gasteiger partial charge in [-0.1, -0.05) is 146 Å². The van der Waals surface area contributed by atoms with E-state index in [1.165, 1.54) is 82.3 Å². The highest BCUT2D eigenvalue weighted by Gasteiger charge is 2.35. The van der Waals surface area contributed by atoms with Gasteiger partial charge in [0.1, 0.15) is 0 Å². The molecule has 2 aliphatic carbocycles. The normalized spacial score (nSPS) is 14.3. The Kier molecular flexibility index (Phi) is 6.70. The van der Waals surface area contributed by atoms with E-state index in [1.807, 2.05) is 0 Å². The number of fused-ring (bicyclic) bond motifs is 18. The average Bonchev–Trinajstić information content (AvgIpc) is 3.70. The molecule has 0 spiro atoms. The first-order chi connectivity index (χ1) is 30.3. The molecule has 3 heterocycles. The zero-order valence-corrected chi connectivity index (χ0v) is 33.2. The molecule has 0 amide bonds. The number of hydrogen-bond acceptors (Lipinski definition) is 2. The number of nitrogens with zero attached hydrogens (tertiary/aromatic N) is 4. The van der Waals surface area contributed by atoms with E-state index >= 15 is 0 Å². The fourth-order valence-corrected chi connectivity index (χ4v) is 11.3. The van der Waals surface area contributed by atoms with Gasteiger partial charge in [-0.3, -0.25) is 4.57 Å². The van der Waals surface area contributed by atoms with E-state index in [-0.39, 0.29) is 5.92 Å². The quantitative estimate of drug-likeness (QED) is 0.179. The molecule has 0 radical (unpaired) electrons. The van der Waals surface area contributed by atoms with Crippen LogP contribution in [0.1, 0.15) is 29.0 Å². The third kappa shape index (κ3) is 4.48. The largest absolute Gasteiger partial charge is 0.309 e. The summed E-state index contributed by atoms with van der Waals surface area (Å²) in [6.45, 7) is 0. The third-order valence-corrected chi connectivity index (χ3v) is 13.7. The molecule has 2 bridgehead atoms. The van der Waals surface area contributed by atoms with Gasteiger partial charge in [0.15, 0.2) is 0 Å². The Hall–Kier alpha value is -7.82. The Labute approximate surface area is 351 Å². The number of aromatic nitrogens is 4. The van der Waals surface area contributed by atoms with Crippen LogP contribution in [0, 0.1) is 0 Å². The van der Waals surface area contributed by atoms with E-state index in [9.17, 15) is 0 Å². The predicted molar refractivity (Wildman–Crippen MR) is 252 cm³/mol. The number of rotatable bonds is 3. The van der Waals surface area contributed by atoms with E-state index in [2.05, 4.69) is 197 Å². The average molecular weight is 777 g/mol. The smallest absolute Gasteiger partial charge is 0.235 e. The molecule has 0 fully saturated rings. The van der Waals surface area contributed by atoms with Crippen LogP contribution in [0.15, 0.2) is 188 Å². The van der Waals surface area contributed by atoms with Gasteiger partial charge in [-0.25, -0.2) is 9.97 Å². The summed E-state index contributed by atoms with van der Waals surface area (Å²) in [6.07, 6.45) is 2.04. The molecule has 0 saturated heterocycles. The molecule has 284 valence electrons. The van der Waals surface area contributed by atoms with Crippen LogP contribution in [0.3, 0.4) is 0 Å². The summed E-state index contributed by atoms with van der Waals surface area (Å²) in [7, 11) is 0. The lowest BCUT2D eigenvalue weighted by Crippen LogP contribution is -2.07.